The highest BCUT2D eigenvalue weighted by Crippen LogP contribution is 2.20. The van der Waals surface area contributed by atoms with E-state index in [1.807, 2.05) is 42.6 Å². The second kappa shape index (κ2) is 6.31. The number of benzene rings is 2. The molecule has 0 saturated carbocycles. The quantitative estimate of drug-likeness (QED) is 0.782. The third-order valence-corrected chi connectivity index (χ3v) is 3.51. The molecule has 0 atom stereocenters. The van der Waals surface area contributed by atoms with Crippen LogP contribution in [0.1, 0.15) is 15.9 Å². The Morgan fingerprint density at radius 1 is 1.13 bits per heavy atom. The van der Waals surface area contributed by atoms with Gasteiger partial charge in [0.15, 0.2) is 0 Å². The molecular formula is C17H16N4O2. The van der Waals surface area contributed by atoms with Gasteiger partial charge in [0.05, 0.1) is 19.9 Å². The number of nitrogens with two attached hydrogens (primary N) is 1. The molecule has 3 aromatic rings. The summed E-state index contributed by atoms with van der Waals surface area (Å²) in [6.07, 6.45) is 1.88. The summed E-state index contributed by atoms with van der Waals surface area (Å²) in [4.78, 5) is 11.1. The van der Waals surface area contributed by atoms with Crippen molar-refractivity contribution in [3.05, 3.63) is 65.9 Å². The smallest absolute Gasteiger partial charge is 0.248 e. The van der Waals surface area contributed by atoms with Crippen LogP contribution >= 0.6 is 0 Å². The first-order valence-corrected chi connectivity index (χ1v) is 7.09. The van der Waals surface area contributed by atoms with Gasteiger partial charge < -0.3 is 10.5 Å². The second-order valence-corrected chi connectivity index (χ2v) is 5.09. The van der Waals surface area contributed by atoms with Crippen LogP contribution < -0.4 is 10.5 Å². The van der Waals surface area contributed by atoms with Crippen molar-refractivity contribution >= 4 is 5.91 Å². The van der Waals surface area contributed by atoms with E-state index in [4.69, 9.17) is 10.5 Å². The Hall–Kier alpha value is -3.15. The fourth-order valence-corrected chi connectivity index (χ4v) is 2.23. The monoisotopic (exact) mass is 308 g/mol. The predicted molar refractivity (Wildman–Crippen MR) is 86.1 cm³/mol. The maximum absolute atomic E-state index is 11.1. The number of carbonyl (C=O) groups excluding carboxylic acids is 1. The van der Waals surface area contributed by atoms with E-state index in [2.05, 4.69) is 10.3 Å². The highest BCUT2D eigenvalue weighted by atomic mass is 16.5. The van der Waals surface area contributed by atoms with Crippen LogP contribution in [-0.2, 0) is 6.54 Å². The van der Waals surface area contributed by atoms with Crippen molar-refractivity contribution < 1.29 is 9.53 Å². The molecule has 23 heavy (non-hydrogen) atoms. The highest BCUT2D eigenvalue weighted by molar-refractivity contribution is 5.92. The first-order valence-electron chi connectivity index (χ1n) is 7.09. The molecule has 0 saturated heterocycles. The Bertz CT molecular complexity index is 807. The largest absolute Gasteiger partial charge is 0.497 e. The third kappa shape index (κ3) is 3.37. The lowest BCUT2D eigenvalue weighted by molar-refractivity contribution is 0.100. The van der Waals surface area contributed by atoms with Crippen LogP contribution in [0.3, 0.4) is 0 Å². The van der Waals surface area contributed by atoms with Crippen LogP contribution in [0.2, 0.25) is 0 Å². The summed E-state index contributed by atoms with van der Waals surface area (Å²) in [5.41, 5.74) is 8.50. The molecular weight excluding hydrogens is 292 g/mol. The molecule has 3 rings (SSSR count). The average molecular weight is 308 g/mol. The first-order chi connectivity index (χ1) is 11.2. The standard InChI is InChI=1S/C17H16N4O2/c1-23-15-8-6-13(7-9-15)16-11-21(20-19-16)10-12-2-4-14(5-3-12)17(18)22/h2-9,11H,10H2,1H3,(H2,18,22). The van der Waals surface area contributed by atoms with Crippen molar-refractivity contribution in [2.24, 2.45) is 5.73 Å². The molecule has 0 radical (unpaired) electrons. The van der Waals surface area contributed by atoms with Crippen molar-refractivity contribution in [1.29, 1.82) is 0 Å². The number of methoxy groups -OCH3 is 1. The SMILES string of the molecule is COc1ccc(-c2cn(Cc3ccc(C(N)=O)cc3)nn2)cc1. The van der Waals surface area contributed by atoms with Crippen molar-refractivity contribution in [2.45, 2.75) is 6.54 Å². The van der Waals surface area contributed by atoms with E-state index >= 15 is 0 Å². The number of primary amides is 1. The molecule has 2 N–H and O–H groups in total. The molecule has 1 heterocycles. The number of nitrogens with zero attached hydrogens (tertiary/aromatic N) is 3. The van der Waals surface area contributed by atoms with Gasteiger partial charge in [-0.1, -0.05) is 17.3 Å². The van der Waals surface area contributed by atoms with E-state index < -0.39 is 5.91 Å². The van der Waals surface area contributed by atoms with Gasteiger partial charge in [-0.25, -0.2) is 4.68 Å². The number of rotatable bonds is 5. The predicted octanol–water partition coefficient (Wildman–Crippen LogP) is 2.10. The lowest BCUT2D eigenvalue weighted by atomic mass is 10.1. The molecule has 116 valence electrons. The first kappa shape index (κ1) is 14.8. The van der Waals surface area contributed by atoms with E-state index in [9.17, 15) is 4.79 Å². The van der Waals surface area contributed by atoms with Gasteiger partial charge in [0.25, 0.3) is 0 Å². The lowest BCUT2D eigenvalue weighted by Crippen LogP contribution is -2.10. The van der Waals surface area contributed by atoms with Gasteiger partial charge >= 0.3 is 0 Å². The zero-order chi connectivity index (χ0) is 16.2. The van der Waals surface area contributed by atoms with E-state index in [1.165, 1.54) is 0 Å². The molecule has 0 spiro atoms. The second-order valence-electron chi connectivity index (χ2n) is 5.09. The Morgan fingerprint density at radius 2 is 1.83 bits per heavy atom. The molecule has 0 aliphatic heterocycles. The number of hydrogen-bond donors (Lipinski definition) is 1. The molecule has 1 amide bonds. The molecule has 1 aromatic heterocycles. The van der Waals surface area contributed by atoms with Crippen molar-refractivity contribution in [3.63, 3.8) is 0 Å². The number of carbonyl (C=O) groups is 1. The van der Waals surface area contributed by atoms with E-state index in [1.54, 1.807) is 23.9 Å². The van der Waals surface area contributed by atoms with Gasteiger partial charge in [-0.2, -0.15) is 0 Å². The lowest BCUT2D eigenvalue weighted by Gasteiger charge is -2.02. The summed E-state index contributed by atoms with van der Waals surface area (Å²) >= 11 is 0. The normalized spacial score (nSPS) is 10.5. The Kier molecular flexibility index (Phi) is 4.05. The summed E-state index contributed by atoms with van der Waals surface area (Å²) in [5.74, 6) is 0.370. The van der Waals surface area contributed by atoms with E-state index in [0.717, 1.165) is 22.6 Å². The molecule has 0 unspecified atom stereocenters. The minimum absolute atomic E-state index is 0.431. The van der Waals surface area contributed by atoms with Crippen LogP contribution in [0.4, 0.5) is 0 Å². The van der Waals surface area contributed by atoms with Crippen LogP contribution in [-0.4, -0.2) is 28.0 Å². The van der Waals surface area contributed by atoms with E-state index in [-0.39, 0.29) is 0 Å². The van der Waals surface area contributed by atoms with Crippen LogP contribution in [0.15, 0.2) is 54.7 Å². The minimum atomic E-state index is -0.431. The molecule has 6 nitrogen and oxygen atoms in total. The number of aromatic nitrogens is 3. The highest BCUT2D eigenvalue weighted by Gasteiger charge is 2.05. The number of ether oxygens (including phenoxy) is 1. The fraction of sp³-hybridized carbons (Fsp3) is 0.118. The number of amides is 1. The average Bonchev–Trinajstić information content (AvgIpc) is 3.04. The molecule has 0 bridgehead atoms. The number of hydrogen-bond acceptors (Lipinski definition) is 4. The van der Waals surface area contributed by atoms with Gasteiger partial charge in [-0.15, -0.1) is 5.10 Å². The van der Waals surface area contributed by atoms with Gasteiger partial charge in [-0.3, -0.25) is 4.79 Å². The van der Waals surface area contributed by atoms with Gasteiger partial charge in [0, 0.05) is 11.1 Å². The van der Waals surface area contributed by atoms with Crippen LogP contribution in [0, 0.1) is 0 Å². The van der Waals surface area contributed by atoms with Crippen molar-refractivity contribution in [2.75, 3.05) is 7.11 Å². The maximum Gasteiger partial charge on any atom is 0.248 e. The summed E-state index contributed by atoms with van der Waals surface area (Å²) < 4.78 is 6.89. The summed E-state index contributed by atoms with van der Waals surface area (Å²) in [6, 6.07) is 14.8. The molecule has 6 heteroatoms. The topological polar surface area (TPSA) is 83.0 Å². The molecule has 0 aliphatic rings. The summed E-state index contributed by atoms with van der Waals surface area (Å²) in [6.45, 7) is 0.572. The van der Waals surface area contributed by atoms with Crippen molar-refractivity contribution in [3.8, 4) is 17.0 Å². The molecule has 0 fully saturated rings. The fourth-order valence-electron chi connectivity index (χ4n) is 2.23. The Balaban J connectivity index is 1.74. The molecule has 2 aromatic carbocycles. The Labute approximate surface area is 133 Å². The van der Waals surface area contributed by atoms with E-state index in [0.29, 0.717) is 12.1 Å². The third-order valence-electron chi connectivity index (χ3n) is 3.51. The zero-order valence-corrected chi connectivity index (χ0v) is 12.6. The van der Waals surface area contributed by atoms with Gasteiger partial charge in [0.2, 0.25) is 5.91 Å². The van der Waals surface area contributed by atoms with Crippen LogP contribution in [0.25, 0.3) is 11.3 Å². The summed E-state index contributed by atoms with van der Waals surface area (Å²) in [5, 5.41) is 8.31. The van der Waals surface area contributed by atoms with Gasteiger partial charge in [-0.05, 0) is 42.0 Å². The Morgan fingerprint density at radius 3 is 2.43 bits per heavy atom. The minimum Gasteiger partial charge on any atom is -0.497 e. The zero-order valence-electron chi connectivity index (χ0n) is 12.6. The van der Waals surface area contributed by atoms with Crippen LogP contribution in [0.5, 0.6) is 5.75 Å². The van der Waals surface area contributed by atoms with Gasteiger partial charge in [0.1, 0.15) is 11.4 Å². The van der Waals surface area contributed by atoms with Crippen molar-refractivity contribution in [1.82, 2.24) is 15.0 Å². The molecule has 0 aliphatic carbocycles. The summed E-state index contributed by atoms with van der Waals surface area (Å²) in [7, 11) is 1.63. The maximum atomic E-state index is 11.1.